The summed E-state index contributed by atoms with van der Waals surface area (Å²) < 4.78 is 77.5. The lowest BCUT2D eigenvalue weighted by molar-refractivity contribution is -0.143. The first-order chi connectivity index (χ1) is 13.8. The molecule has 0 saturated heterocycles. The molecule has 0 unspecified atom stereocenters. The van der Waals surface area contributed by atoms with Gasteiger partial charge >= 0.3 is 12.4 Å². The molecular weight excluding hydrogens is 440 g/mol. The molecule has 30 heavy (non-hydrogen) atoms. The van der Waals surface area contributed by atoms with Crippen molar-refractivity contribution in [3.8, 4) is 0 Å². The highest BCUT2D eigenvalue weighted by Crippen LogP contribution is 2.36. The normalized spacial score (nSPS) is 13.0. The lowest BCUT2D eigenvalue weighted by Crippen LogP contribution is -2.46. The summed E-state index contributed by atoms with van der Waals surface area (Å²) in [6.07, 6.45) is -9.67. The Labute approximate surface area is 171 Å². The number of nitrogens with zero attached hydrogens (tertiary/aromatic N) is 1. The van der Waals surface area contributed by atoms with E-state index in [4.69, 9.17) is 17.3 Å². The van der Waals surface area contributed by atoms with Crippen LogP contribution in [0.15, 0.2) is 36.5 Å². The summed E-state index contributed by atoms with van der Waals surface area (Å²) in [4.78, 5) is 27.6. The summed E-state index contributed by atoms with van der Waals surface area (Å²) in [7, 11) is 0. The highest BCUT2D eigenvalue weighted by molar-refractivity contribution is 6.29. The molecule has 2 amide bonds. The van der Waals surface area contributed by atoms with Crippen LogP contribution in [0.25, 0.3) is 0 Å². The standard InChI is InChI=1S/C18H14ClF6N3O2/c19-14-2-1-9(8-27-14)5-13(16(26)30)28-15(29)6-10-3-11(17(20,21)22)7-12(4-10)18(23,24)25/h1-4,7-8,13H,5-6H2,(H2,26,30)(H,28,29)/t13-/m1/s1. The topological polar surface area (TPSA) is 85.1 Å². The minimum Gasteiger partial charge on any atom is -0.368 e. The van der Waals surface area contributed by atoms with E-state index in [1.165, 1.54) is 18.3 Å². The Hall–Kier alpha value is -2.82. The van der Waals surface area contributed by atoms with E-state index >= 15 is 0 Å². The number of nitrogens with two attached hydrogens (primary N) is 1. The van der Waals surface area contributed by atoms with E-state index in [0.29, 0.717) is 17.7 Å². The number of alkyl halides is 6. The minimum atomic E-state index is -5.04. The van der Waals surface area contributed by atoms with Gasteiger partial charge in [0, 0.05) is 12.6 Å². The van der Waals surface area contributed by atoms with Gasteiger partial charge < -0.3 is 11.1 Å². The van der Waals surface area contributed by atoms with Gasteiger partial charge in [-0.1, -0.05) is 17.7 Å². The van der Waals surface area contributed by atoms with Crippen LogP contribution in [-0.4, -0.2) is 22.8 Å². The summed E-state index contributed by atoms with van der Waals surface area (Å²) in [5.74, 6) is -1.92. The number of halogens is 7. The fourth-order valence-corrected chi connectivity index (χ4v) is 2.65. The van der Waals surface area contributed by atoms with Crippen LogP contribution in [0.2, 0.25) is 5.15 Å². The van der Waals surface area contributed by atoms with Crippen LogP contribution in [0.1, 0.15) is 22.3 Å². The zero-order valence-electron chi connectivity index (χ0n) is 14.9. The first-order valence-corrected chi connectivity index (χ1v) is 8.61. The van der Waals surface area contributed by atoms with Gasteiger partial charge in [0.1, 0.15) is 11.2 Å². The van der Waals surface area contributed by atoms with Gasteiger partial charge in [-0.2, -0.15) is 26.3 Å². The van der Waals surface area contributed by atoms with Crippen LogP contribution in [-0.2, 0) is 34.8 Å². The number of pyridine rings is 1. The number of hydrogen-bond donors (Lipinski definition) is 2. The van der Waals surface area contributed by atoms with Crippen molar-refractivity contribution in [3.63, 3.8) is 0 Å². The molecule has 3 N–H and O–H groups in total. The van der Waals surface area contributed by atoms with Crippen LogP contribution in [0, 0.1) is 0 Å². The number of carbonyl (C=O) groups is 2. The number of amides is 2. The lowest BCUT2D eigenvalue weighted by atomic mass is 10.0. The van der Waals surface area contributed by atoms with E-state index in [0.717, 1.165) is 0 Å². The SMILES string of the molecule is NC(=O)[C@@H](Cc1ccc(Cl)nc1)NC(=O)Cc1cc(C(F)(F)F)cc(C(F)(F)F)c1. The highest BCUT2D eigenvalue weighted by atomic mass is 35.5. The Kier molecular flexibility index (Phi) is 6.96. The Morgan fingerprint density at radius 2 is 1.57 bits per heavy atom. The molecule has 162 valence electrons. The molecule has 1 heterocycles. The molecule has 5 nitrogen and oxygen atoms in total. The van der Waals surface area contributed by atoms with E-state index in [-0.39, 0.29) is 17.6 Å². The molecule has 1 aromatic carbocycles. The average Bonchev–Trinajstić information content (AvgIpc) is 2.61. The summed E-state index contributed by atoms with van der Waals surface area (Å²) in [6, 6.07) is 2.53. The zero-order chi connectivity index (χ0) is 22.7. The number of carbonyl (C=O) groups excluding carboxylic acids is 2. The van der Waals surface area contributed by atoms with Gasteiger partial charge in [0.25, 0.3) is 0 Å². The molecule has 0 aliphatic rings. The number of primary amides is 1. The zero-order valence-corrected chi connectivity index (χ0v) is 15.7. The van der Waals surface area contributed by atoms with E-state index in [9.17, 15) is 35.9 Å². The molecular formula is C18H14ClF6N3O2. The second-order valence-electron chi connectivity index (χ2n) is 6.31. The van der Waals surface area contributed by atoms with Crippen molar-refractivity contribution in [2.75, 3.05) is 0 Å². The third kappa shape index (κ3) is 6.61. The number of nitrogens with one attached hydrogen (secondary N) is 1. The van der Waals surface area contributed by atoms with E-state index < -0.39 is 53.3 Å². The molecule has 0 fully saturated rings. The van der Waals surface area contributed by atoms with E-state index in [1.807, 2.05) is 0 Å². The Bertz CT molecular complexity index is 897. The minimum absolute atomic E-state index is 0.0405. The Morgan fingerprint density at radius 1 is 1.00 bits per heavy atom. The van der Waals surface area contributed by atoms with Crippen molar-refractivity contribution in [2.24, 2.45) is 5.73 Å². The number of rotatable bonds is 6. The van der Waals surface area contributed by atoms with E-state index in [2.05, 4.69) is 10.3 Å². The highest BCUT2D eigenvalue weighted by Gasteiger charge is 2.37. The maximum atomic E-state index is 12.9. The lowest BCUT2D eigenvalue weighted by Gasteiger charge is -2.17. The van der Waals surface area contributed by atoms with Crippen molar-refractivity contribution in [3.05, 3.63) is 63.9 Å². The van der Waals surface area contributed by atoms with Gasteiger partial charge in [-0.25, -0.2) is 4.98 Å². The second-order valence-corrected chi connectivity index (χ2v) is 6.69. The largest absolute Gasteiger partial charge is 0.416 e. The first kappa shape index (κ1) is 23.5. The van der Waals surface area contributed by atoms with Crippen LogP contribution >= 0.6 is 11.6 Å². The van der Waals surface area contributed by atoms with Crippen molar-refractivity contribution in [1.29, 1.82) is 0 Å². The smallest absolute Gasteiger partial charge is 0.368 e. The van der Waals surface area contributed by atoms with Gasteiger partial charge in [-0.05, 0) is 35.4 Å². The number of benzene rings is 1. The summed E-state index contributed by atoms with van der Waals surface area (Å²) >= 11 is 5.64. The molecule has 12 heteroatoms. The number of aromatic nitrogens is 1. The van der Waals surface area contributed by atoms with Crippen LogP contribution in [0.3, 0.4) is 0 Å². The van der Waals surface area contributed by atoms with Crippen LogP contribution < -0.4 is 11.1 Å². The van der Waals surface area contributed by atoms with Crippen molar-refractivity contribution >= 4 is 23.4 Å². The first-order valence-electron chi connectivity index (χ1n) is 8.23. The van der Waals surface area contributed by atoms with Crippen LogP contribution in [0.5, 0.6) is 0 Å². The Morgan fingerprint density at radius 3 is 2.00 bits per heavy atom. The quantitative estimate of drug-likeness (QED) is 0.518. The van der Waals surface area contributed by atoms with Gasteiger partial charge in [-0.15, -0.1) is 0 Å². The van der Waals surface area contributed by atoms with Gasteiger partial charge in [0.15, 0.2) is 0 Å². The molecule has 2 rings (SSSR count). The van der Waals surface area contributed by atoms with Crippen molar-refractivity contribution in [2.45, 2.75) is 31.2 Å². The molecule has 1 aromatic heterocycles. The summed E-state index contributed by atoms with van der Waals surface area (Å²) in [6.45, 7) is 0. The van der Waals surface area contributed by atoms with Crippen molar-refractivity contribution in [1.82, 2.24) is 10.3 Å². The Balaban J connectivity index is 2.20. The van der Waals surface area contributed by atoms with Crippen LogP contribution in [0.4, 0.5) is 26.3 Å². The third-order valence-corrected chi connectivity index (χ3v) is 4.14. The third-order valence-electron chi connectivity index (χ3n) is 3.92. The molecule has 0 radical (unpaired) electrons. The van der Waals surface area contributed by atoms with Gasteiger partial charge in [0.2, 0.25) is 11.8 Å². The summed E-state index contributed by atoms with van der Waals surface area (Å²) in [5.41, 5.74) is 2.09. The fraction of sp³-hybridized carbons (Fsp3) is 0.278. The molecule has 0 saturated carbocycles. The summed E-state index contributed by atoms with van der Waals surface area (Å²) in [5, 5.41) is 2.39. The predicted molar refractivity (Wildman–Crippen MR) is 94.2 cm³/mol. The molecule has 0 bridgehead atoms. The maximum absolute atomic E-state index is 12.9. The second kappa shape index (κ2) is 8.90. The molecule has 0 aliphatic heterocycles. The molecule has 1 atom stereocenters. The van der Waals surface area contributed by atoms with Gasteiger partial charge in [-0.3, -0.25) is 9.59 Å². The molecule has 0 aliphatic carbocycles. The molecule has 0 spiro atoms. The predicted octanol–water partition coefficient (Wildman–Crippen LogP) is 3.53. The van der Waals surface area contributed by atoms with Gasteiger partial charge in [0.05, 0.1) is 17.5 Å². The van der Waals surface area contributed by atoms with Crippen molar-refractivity contribution < 1.29 is 35.9 Å². The fourth-order valence-electron chi connectivity index (χ4n) is 2.54. The van der Waals surface area contributed by atoms with E-state index in [1.54, 1.807) is 0 Å². The molecule has 2 aromatic rings. The maximum Gasteiger partial charge on any atom is 0.416 e. The monoisotopic (exact) mass is 453 g/mol. The number of hydrogen-bond acceptors (Lipinski definition) is 3. The average molecular weight is 454 g/mol.